The number of aromatic nitrogens is 1. The number of anilines is 1. The molecule has 6 heteroatoms. The molecule has 16 heavy (non-hydrogen) atoms. The molecule has 1 aromatic rings. The summed E-state index contributed by atoms with van der Waals surface area (Å²) >= 11 is 0. The Bertz CT molecular complexity index is 333. The highest BCUT2D eigenvalue weighted by molar-refractivity contribution is 5.93. The molecule has 0 aliphatic rings. The lowest BCUT2D eigenvalue weighted by molar-refractivity contribution is 0.281. The lowest BCUT2D eigenvalue weighted by Crippen LogP contribution is -2.29. The molecular weight excluding hydrogens is 208 g/mol. The van der Waals surface area contributed by atoms with E-state index in [1.165, 1.54) is 0 Å². The summed E-state index contributed by atoms with van der Waals surface area (Å²) in [5.74, 6) is -0.0811. The van der Waals surface area contributed by atoms with Crippen LogP contribution in [-0.2, 0) is 0 Å². The van der Waals surface area contributed by atoms with Crippen LogP contribution in [0.4, 0.5) is 5.69 Å². The monoisotopic (exact) mass is 224 g/mol. The molecule has 1 heterocycles. The van der Waals surface area contributed by atoms with Crippen molar-refractivity contribution in [3.8, 4) is 0 Å². The van der Waals surface area contributed by atoms with Gasteiger partial charge in [-0.15, -0.1) is 0 Å². The molecule has 0 atom stereocenters. The van der Waals surface area contributed by atoms with Crippen molar-refractivity contribution in [3.63, 3.8) is 0 Å². The highest BCUT2D eigenvalue weighted by atomic mass is 16.3. The van der Waals surface area contributed by atoms with E-state index in [0.717, 1.165) is 5.69 Å². The zero-order valence-corrected chi connectivity index (χ0v) is 8.93. The van der Waals surface area contributed by atoms with Crippen LogP contribution >= 0.6 is 0 Å². The Morgan fingerprint density at radius 3 is 2.31 bits per heavy atom. The molecule has 0 spiro atoms. The van der Waals surface area contributed by atoms with Crippen LogP contribution in [0.2, 0.25) is 0 Å². The number of aliphatic hydroxyl groups excluding tert-OH is 2. The summed E-state index contributed by atoms with van der Waals surface area (Å²) in [6.45, 7) is 0.881. The van der Waals surface area contributed by atoms with Gasteiger partial charge in [0.05, 0.1) is 25.1 Å². The standard InChI is InChI=1S/C10H16N4O2/c11-10(12)9-2-1-8(7-13-9)14(3-5-15)4-6-16/h1-2,7,15-16H,3-6H2,(H3,11,12). The maximum absolute atomic E-state index is 8.87. The third-order valence-corrected chi connectivity index (χ3v) is 2.13. The van der Waals surface area contributed by atoms with Crippen LogP contribution < -0.4 is 10.6 Å². The first-order valence-electron chi connectivity index (χ1n) is 4.96. The molecule has 0 aliphatic heterocycles. The first-order valence-corrected chi connectivity index (χ1v) is 4.96. The van der Waals surface area contributed by atoms with Gasteiger partial charge in [0.25, 0.3) is 0 Å². The summed E-state index contributed by atoms with van der Waals surface area (Å²) in [5, 5.41) is 24.9. The number of rotatable bonds is 6. The molecule has 0 saturated heterocycles. The van der Waals surface area contributed by atoms with Gasteiger partial charge in [-0.25, -0.2) is 0 Å². The number of hydrogen-bond acceptors (Lipinski definition) is 5. The smallest absolute Gasteiger partial charge is 0.141 e. The lowest BCUT2D eigenvalue weighted by atomic mass is 10.3. The van der Waals surface area contributed by atoms with Crippen molar-refractivity contribution in [2.75, 3.05) is 31.2 Å². The van der Waals surface area contributed by atoms with Crippen LogP contribution in [0.3, 0.4) is 0 Å². The fraction of sp³-hybridized carbons (Fsp3) is 0.400. The highest BCUT2D eigenvalue weighted by Crippen LogP contribution is 2.12. The quantitative estimate of drug-likeness (QED) is 0.372. The van der Waals surface area contributed by atoms with Crippen molar-refractivity contribution in [1.82, 2.24) is 4.98 Å². The summed E-state index contributed by atoms with van der Waals surface area (Å²) in [4.78, 5) is 5.81. The minimum atomic E-state index is -0.0811. The molecule has 0 bridgehead atoms. The van der Waals surface area contributed by atoms with Gasteiger partial charge in [-0.2, -0.15) is 0 Å². The molecule has 0 amide bonds. The summed E-state index contributed by atoms with van der Waals surface area (Å²) in [7, 11) is 0. The Kier molecular flexibility index (Phi) is 4.68. The Labute approximate surface area is 93.8 Å². The van der Waals surface area contributed by atoms with Gasteiger partial charge in [0.15, 0.2) is 0 Å². The van der Waals surface area contributed by atoms with Gasteiger partial charge in [0.2, 0.25) is 0 Å². The highest BCUT2D eigenvalue weighted by Gasteiger charge is 2.06. The van der Waals surface area contributed by atoms with Crippen molar-refractivity contribution < 1.29 is 10.2 Å². The number of hydrogen-bond donors (Lipinski definition) is 4. The van der Waals surface area contributed by atoms with Crippen LogP contribution in [-0.4, -0.2) is 47.3 Å². The van der Waals surface area contributed by atoms with E-state index >= 15 is 0 Å². The maximum Gasteiger partial charge on any atom is 0.141 e. The summed E-state index contributed by atoms with van der Waals surface area (Å²) in [5.41, 5.74) is 6.48. The van der Waals surface area contributed by atoms with E-state index in [0.29, 0.717) is 18.8 Å². The summed E-state index contributed by atoms with van der Waals surface area (Å²) in [6.07, 6.45) is 1.57. The fourth-order valence-corrected chi connectivity index (χ4v) is 1.34. The zero-order chi connectivity index (χ0) is 12.0. The third-order valence-electron chi connectivity index (χ3n) is 2.13. The van der Waals surface area contributed by atoms with Crippen LogP contribution in [0.5, 0.6) is 0 Å². The average Bonchev–Trinajstić information content (AvgIpc) is 2.29. The molecular formula is C10H16N4O2. The Hall–Kier alpha value is -1.66. The van der Waals surface area contributed by atoms with Gasteiger partial charge < -0.3 is 20.8 Å². The Balaban J connectivity index is 2.80. The first kappa shape index (κ1) is 12.4. The van der Waals surface area contributed by atoms with E-state index in [1.807, 2.05) is 0 Å². The molecule has 0 unspecified atom stereocenters. The molecule has 0 aromatic carbocycles. The van der Waals surface area contributed by atoms with Gasteiger partial charge in [0.1, 0.15) is 11.5 Å². The molecule has 6 nitrogen and oxygen atoms in total. The number of amidine groups is 1. The minimum absolute atomic E-state index is 0.00839. The van der Waals surface area contributed by atoms with Gasteiger partial charge in [-0.3, -0.25) is 10.4 Å². The van der Waals surface area contributed by atoms with Crippen molar-refractivity contribution in [3.05, 3.63) is 24.0 Å². The molecule has 5 N–H and O–H groups in total. The molecule has 0 radical (unpaired) electrons. The normalized spacial score (nSPS) is 10.1. The molecule has 0 aliphatic carbocycles. The predicted molar refractivity (Wildman–Crippen MR) is 61.6 cm³/mol. The Morgan fingerprint density at radius 2 is 1.94 bits per heavy atom. The number of nitrogen functional groups attached to an aromatic ring is 1. The number of aliphatic hydroxyl groups is 2. The Morgan fingerprint density at radius 1 is 1.31 bits per heavy atom. The number of nitrogens with zero attached hydrogens (tertiary/aromatic N) is 2. The predicted octanol–water partition coefficient (Wildman–Crippen LogP) is -0.843. The second kappa shape index (κ2) is 6.04. The van der Waals surface area contributed by atoms with E-state index in [1.54, 1.807) is 23.2 Å². The number of pyridine rings is 1. The maximum atomic E-state index is 8.87. The van der Waals surface area contributed by atoms with Gasteiger partial charge >= 0.3 is 0 Å². The minimum Gasteiger partial charge on any atom is -0.395 e. The average molecular weight is 224 g/mol. The van der Waals surface area contributed by atoms with E-state index in [-0.39, 0.29) is 19.0 Å². The third kappa shape index (κ3) is 3.18. The first-order chi connectivity index (χ1) is 7.69. The van der Waals surface area contributed by atoms with Crippen molar-refractivity contribution in [2.24, 2.45) is 5.73 Å². The molecule has 1 aromatic heterocycles. The van der Waals surface area contributed by atoms with Crippen LogP contribution in [0.25, 0.3) is 0 Å². The van der Waals surface area contributed by atoms with Gasteiger partial charge in [-0.05, 0) is 12.1 Å². The summed E-state index contributed by atoms with van der Waals surface area (Å²) < 4.78 is 0. The van der Waals surface area contributed by atoms with E-state index in [9.17, 15) is 0 Å². The summed E-state index contributed by atoms with van der Waals surface area (Å²) in [6, 6.07) is 3.40. The lowest BCUT2D eigenvalue weighted by Gasteiger charge is -2.22. The molecule has 0 saturated carbocycles. The number of nitrogens with two attached hydrogens (primary N) is 1. The topological polar surface area (TPSA) is 106 Å². The van der Waals surface area contributed by atoms with E-state index in [2.05, 4.69) is 4.98 Å². The van der Waals surface area contributed by atoms with E-state index < -0.39 is 0 Å². The van der Waals surface area contributed by atoms with Gasteiger partial charge in [-0.1, -0.05) is 0 Å². The molecule has 0 fully saturated rings. The van der Waals surface area contributed by atoms with Crippen LogP contribution in [0.15, 0.2) is 18.3 Å². The second-order valence-electron chi connectivity index (χ2n) is 3.25. The van der Waals surface area contributed by atoms with Crippen molar-refractivity contribution in [1.29, 1.82) is 5.41 Å². The van der Waals surface area contributed by atoms with Crippen LogP contribution in [0.1, 0.15) is 5.69 Å². The van der Waals surface area contributed by atoms with Crippen LogP contribution in [0, 0.1) is 5.41 Å². The van der Waals surface area contributed by atoms with Gasteiger partial charge in [0, 0.05) is 13.1 Å². The van der Waals surface area contributed by atoms with E-state index in [4.69, 9.17) is 21.4 Å². The molecule has 1 rings (SSSR count). The SMILES string of the molecule is N=C(N)c1ccc(N(CCO)CCO)cn1. The van der Waals surface area contributed by atoms with Crippen molar-refractivity contribution in [2.45, 2.75) is 0 Å². The van der Waals surface area contributed by atoms with Crippen molar-refractivity contribution >= 4 is 11.5 Å². The zero-order valence-electron chi connectivity index (χ0n) is 8.93. The fourth-order valence-electron chi connectivity index (χ4n) is 1.34. The second-order valence-corrected chi connectivity index (χ2v) is 3.25. The largest absolute Gasteiger partial charge is 0.395 e. The number of nitrogens with one attached hydrogen (secondary N) is 1. The molecule has 88 valence electrons.